The maximum absolute atomic E-state index is 13.7. The molecule has 0 heterocycles. The van der Waals surface area contributed by atoms with Crippen LogP contribution in [0.5, 0.6) is 5.75 Å². The standard InChI is InChI=1S/C20H23ClFNO2S/c1-14(2)15-6-3-4-9-19(15)25-11-10-23-20(24)13-26-12-16-17(21)7-5-8-18(16)22/h3-9,14H,10-13H2,1-2H3,(H,23,24). The van der Waals surface area contributed by atoms with E-state index >= 15 is 0 Å². The van der Waals surface area contributed by atoms with E-state index in [0.717, 1.165) is 11.3 Å². The second-order valence-electron chi connectivity index (χ2n) is 6.08. The number of benzene rings is 2. The largest absolute Gasteiger partial charge is 0.491 e. The first-order chi connectivity index (χ1) is 12.5. The van der Waals surface area contributed by atoms with Gasteiger partial charge in [0.05, 0.1) is 12.3 Å². The van der Waals surface area contributed by atoms with Gasteiger partial charge in [0.25, 0.3) is 0 Å². The molecule has 3 nitrogen and oxygen atoms in total. The van der Waals surface area contributed by atoms with Gasteiger partial charge in [-0.25, -0.2) is 4.39 Å². The Morgan fingerprint density at radius 2 is 2.00 bits per heavy atom. The first-order valence-electron chi connectivity index (χ1n) is 8.48. The SMILES string of the molecule is CC(C)c1ccccc1OCCNC(=O)CSCc1c(F)cccc1Cl. The van der Waals surface area contributed by atoms with Gasteiger partial charge in [-0.05, 0) is 29.7 Å². The summed E-state index contributed by atoms with van der Waals surface area (Å²) in [5, 5.41) is 3.19. The number of thioether (sulfide) groups is 1. The molecule has 0 saturated carbocycles. The molecule has 0 aliphatic rings. The predicted octanol–water partition coefficient (Wildman–Crippen LogP) is 5.03. The normalized spacial score (nSPS) is 10.8. The molecule has 0 aliphatic carbocycles. The zero-order valence-electron chi connectivity index (χ0n) is 14.9. The molecule has 1 amide bonds. The van der Waals surface area contributed by atoms with Gasteiger partial charge in [0, 0.05) is 16.3 Å². The van der Waals surface area contributed by atoms with Crippen LogP contribution in [0, 0.1) is 5.82 Å². The Bertz CT molecular complexity index is 719. The van der Waals surface area contributed by atoms with Gasteiger partial charge >= 0.3 is 0 Å². The molecule has 0 saturated heterocycles. The first-order valence-corrected chi connectivity index (χ1v) is 10.0. The summed E-state index contributed by atoms with van der Waals surface area (Å²) in [6.45, 7) is 5.05. The van der Waals surface area contributed by atoms with Crippen LogP contribution in [-0.4, -0.2) is 24.8 Å². The van der Waals surface area contributed by atoms with E-state index in [1.165, 1.54) is 17.8 Å². The lowest BCUT2D eigenvalue weighted by atomic mass is 10.0. The second kappa shape index (κ2) is 10.4. The minimum Gasteiger partial charge on any atom is -0.491 e. The number of halogens is 2. The number of para-hydroxylation sites is 1. The highest BCUT2D eigenvalue weighted by atomic mass is 35.5. The van der Waals surface area contributed by atoms with Crippen molar-refractivity contribution >= 4 is 29.3 Å². The monoisotopic (exact) mass is 395 g/mol. The highest BCUT2D eigenvalue weighted by Gasteiger charge is 2.09. The van der Waals surface area contributed by atoms with Gasteiger partial charge < -0.3 is 10.1 Å². The minimum absolute atomic E-state index is 0.108. The van der Waals surface area contributed by atoms with Gasteiger partial charge in [-0.2, -0.15) is 0 Å². The van der Waals surface area contributed by atoms with Crippen molar-refractivity contribution < 1.29 is 13.9 Å². The lowest BCUT2D eigenvalue weighted by Crippen LogP contribution is -2.29. The molecule has 0 fully saturated rings. The average Bonchev–Trinajstić information content (AvgIpc) is 2.61. The third-order valence-electron chi connectivity index (χ3n) is 3.76. The van der Waals surface area contributed by atoms with E-state index in [9.17, 15) is 9.18 Å². The van der Waals surface area contributed by atoms with Crippen molar-refractivity contribution in [3.8, 4) is 5.75 Å². The maximum atomic E-state index is 13.7. The number of nitrogens with one attached hydrogen (secondary N) is 1. The highest BCUT2D eigenvalue weighted by Crippen LogP contribution is 2.26. The average molecular weight is 396 g/mol. The number of ether oxygens (including phenoxy) is 1. The number of hydrogen-bond acceptors (Lipinski definition) is 3. The minimum atomic E-state index is -0.345. The summed E-state index contributed by atoms with van der Waals surface area (Å²) in [5.41, 5.74) is 1.58. The molecule has 0 aromatic heterocycles. The molecule has 2 rings (SSSR count). The molecule has 0 aliphatic heterocycles. The molecule has 0 radical (unpaired) electrons. The zero-order chi connectivity index (χ0) is 18.9. The summed E-state index contributed by atoms with van der Waals surface area (Å²) >= 11 is 7.30. The van der Waals surface area contributed by atoms with Crippen LogP contribution in [0.15, 0.2) is 42.5 Å². The topological polar surface area (TPSA) is 38.3 Å². The van der Waals surface area contributed by atoms with Crippen molar-refractivity contribution in [2.75, 3.05) is 18.9 Å². The molecule has 140 valence electrons. The molecular weight excluding hydrogens is 373 g/mol. The summed E-state index contributed by atoms with van der Waals surface area (Å²) in [4.78, 5) is 11.9. The lowest BCUT2D eigenvalue weighted by Gasteiger charge is -2.14. The Morgan fingerprint density at radius 3 is 2.73 bits per heavy atom. The van der Waals surface area contributed by atoms with Crippen molar-refractivity contribution in [2.24, 2.45) is 0 Å². The molecule has 0 unspecified atom stereocenters. The quantitative estimate of drug-likeness (QED) is 0.605. The van der Waals surface area contributed by atoms with Crippen molar-refractivity contribution in [3.63, 3.8) is 0 Å². The van der Waals surface area contributed by atoms with Crippen molar-refractivity contribution in [3.05, 3.63) is 64.4 Å². The molecule has 26 heavy (non-hydrogen) atoms. The number of carbonyl (C=O) groups excluding carboxylic acids is 1. The van der Waals surface area contributed by atoms with Crippen LogP contribution in [0.3, 0.4) is 0 Å². The van der Waals surface area contributed by atoms with Crippen LogP contribution in [0.2, 0.25) is 5.02 Å². The van der Waals surface area contributed by atoms with Gasteiger partial charge in [0.2, 0.25) is 5.91 Å². The van der Waals surface area contributed by atoms with Crippen LogP contribution in [0.25, 0.3) is 0 Å². The number of carbonyl (C=O) groups is 1. The van der Waals surface area contributed by atoms with Crippen LogP contribution in [-0.2, 0) is 10.5 Å². The third-order valence-corrected chi connectivity index (χ3v) is 5.08. The number of hydrogen-bond donors (Lipinski definition) is 1. The summed E-state index contributed by atoms with van der Waals surface area (Å²) in [7, 11) is 0. The van der Waals surface area contributed by atoms with Gasteiger partial charge in [0.1, 0.15) is 18.2 Å². The molecule has 0 atom stereocenters. The fraction of sp³-hybridized carbons (Fsp3) is 0.350. The Kier molecular flexibility index (Phi) is 8.26. The smallest absolute Gasteiger partial charge is 0.230 e. The summed E-state index contributed by atoms with van der Waals surface area (Å²) in [6.07, 6.45) is 0. The number of amides is 1. The maximum Gasteiger partial charge on any atom is 0.230 e. The molecule has 2 aromatic rings. The molecule has 6 heteroatoms. The first kappa shape index (κ1) is 20.6. The van der Waals surface area contributed by atoms with E-state index in [1.54, 1.807) is 12.1 Å². The lowest BCUT2D eigenvalue weighted by molar-refractivity contribution is -0.118. The van der Waals surface area contributed by atoms with E-state index in [0.29, 0.717) is 35.4 Å². The second-order valence-corrected chi connectivity index (χ2v) is 7.48. The van der Waals surface area contributed by atoms with Crippen LogP contribution >= 0.6 is 23.4 Å². The molecule has 0 spiro atoms. The Hall–Kier alpha value is -1.72. The summed E-state index contributed by atoms with van der Waals surface area (Å²) < 4.78 is 19.4. The molecular formula is C20H23ClFNO2S. The van der Waals surface area contributed by atoms with Gasteiger partial charge in [-0.15, -0.1) is 11.8 Å². The van der Waals surface area contributed by atoms with Crippen molar-refractivity contribution in [2.45, 2.75) is 25.5 Å². The van der Waals surface area contributed by atoms with Gasteiger partial charge in [0.15, 0.2) is 0 Å². The van der Waals surface area contributed by atoms with Crippen molar-refractivity contribution in [1.29, 1.82) is 0 Å². The molecule has 1 N–H and O–H groups in total. The fourth-order valence-electron chi connectivity index (χ4n) is 2.41. The van der Waals surface area contributed by atoms with E-state index in [1.807, 2.05) is 24.3 Å². The molecule has 0 bridgehead atoms. The van der Waals surface area contributed by atoms with E-state index < -0.39 is 0 Å². The summed E-state index contributed by atoms with van der Waals surface area (Å²) in [6, 6.07) is 12.5. The highest BCUT2D eigenvalue weighted by molar-refractivity contribution is 7.99. The molecule has 2 aromatic carbocycles. The zero-order valence-corrected chi connectivity index (χ0v) is 16.5. The van der Waals surface area contributed by atoms with Gasteiger partial charge in [-0.1, -0.05) is 49.7 Å². The fourth-order valence-corrected chi connectivity index (χ4v) is 3.60. The Balaban J connectivity index is 1.68. The van der Waals surface area contributed by atoms with Crippen LogP contribution in [0.4, 0.5) is 4.39 Å². The predicted molar refractivity (Wildman–Crippen MR) is 107 cm³/mol. The third kappa shape index (κ3) is 6.22. The van der Waals surface area contributed by atoms with Crippen LogP contribution in [0.1, 0.15) is 30.9 Å². The van der Waals surface area contributed by atoms with Crippen molar-refractivity contribution in [1.82, 2.24) is 5.32 Å². The Morgan fingerprint density at radius 1 is 1.23 bits per heavy atom. The Labute approximate surface area is 163 Å². The number of rotatable bonds is 9. The van der Waals surface area contributed by atoms with E-state index in [-0.39, 0.29) is 17.5 Å². The summed E-state index contributed by atoms with van der Waals surface area (Å²) in [5.74, 6) is 1.37. The van der Waals surface area contributed by atoms with Gasteiger partial charge in [-0.3, -0.25) is 4.79 Å². The van der Waals surface area contributed by atoms with E-state index in [2.05, 4.69) is 19.2 Å². The van der Waals surface area contributed by atoms with Crippen LogP contribution < -0.4 is 10.1 Å². The van der Waals surface area contributed by atoms with E-state index in [4.69, 9.17) is 16.3 Å².